The summed E-state index contributed by atoms with van der Waals surface area (Å²) in [5.41, 5.74) is 1.13. The molecule has 1 fully saturated rings. The van der Waals surface area contributed by atoms with Crippen molar-refractivity contribution in [2.75, 3.05) is 26.2 Å². The van der Waals surface area contributed by atoms with Crippen LogP contribution in [0, 0.1) is 6.92 Å². The third-order valence-electron chi connectivity index (χ3n) is 4.34. The average molecular weight is 304 g/mol. The molecule has 0 spiro atoms. The SMILES string of the molecule is CCN1CCC[C@H]1CNC(=O)CCCOc1ccccc1C. The van der Waals surface area contributed by atoms with E-state index < -0.39 is 0 Å². The monoisotopic (exact) mass is 304 g/mol. The van der Waals surface area contributed by atoms with Crippen LogP contribution in [0.4, 0.5) is 0 Å². The summed E-state index contributed by atoms with van der Waals surface area (Å²) in [5, 5.41) is 3.06. The van der Waals surface area contributed by atoms with Gasteiger partial charge in [0.25, 0.3) is 0 Å². The van der Waals surface area contributed by atoms with Gasteiger partial charge in [0.05, 0.1) is 6.61 Å². The fourth-order valence-corrected chi connectivity index (χ4v) is 3.00. The highest BCUT2D eigenvalue weighted by Crippen LogP contribution is 2.17. The summed E-state index contributed by atoms with van der Waals surface area (Å²) in [6.07, 6.45) is 3.73. The molecular weight excluding hydrogens is 276 g/mol. The Morgan fingerprint density at radius 1 is 1.41 bits per heavy atom. The molecule has 1 N–H and O–H groups in total. The predicted octanol–water partition coefficient (Wildman–Crippen LogP) is 2.75. The number of hydrogen-bond donors (Lipinski definition) is 1. The number of likely N-dealkylation sites (tertiary alicyclic amines) is 1. The van der Waals surface area contributed by atoms with Crippen molar-refractivity contribution in [3.8, 4) is 5.75 Å². The lowest BCUT2D eigenvalue weighted by Gasteiger charge is -2.22. The Morgan fingerprint density at radius 2 is 2.23 bits per heavy atom. The van der Waals surface area contributed by atoms with Gasteiger partial charge in [0.2, 0.25) is 5.91 Å². The highest BCUT2D eigenvalue weighted by molar-refractivity contribution is 5.75. The summed E-state index contributed by atoms with van der Waals surface area (Å²) in [4.78, 5) is 14.3. The van der Waals surface area contributed by atoms with Crippen molar-refractivity contribution in [1.82, 2.24) is 10.2 Å². The van der Waals surface area contributed by atoms with Crippen molar-refractivity contribution in [2.24, 2.45) is 0 Å². The van der Waals surface area contributed by atoms with Crippen LogP contribution >= 0.6 is 0 Å². The first kappa shape index (κ1) is 16.8. The number of rotatable bonds is 8. The number of ether oxygens (including phenoxy) is 1. The van der Waals surface area contributed by atoms with Crippen molar-refractivity contribution in [3.63, 3.8) is 0 Å². The highest BCUT2D eigenvalue weighted by atomic mass is 16.5. The Morgan fingerprint density at radius 3 is 3.00 bits per heavy atom. The van der Waals surface area contributed by atoms with E-state index in [9.17, 15) is 4.79 Å². The summed E-state index contributed by atoms with van der Waals surface area (Å²) < 4.78 is 5.71. The molecule has 1 aromatic rings. The molecule has 0 bridgehead atoms. The zero-order chi connectivity index (χ0) is 15.8. The van der Waals surface area contributed by atoms with Crippen LogP contribution in [0.15, 0.2) is 24.3 Å². The van der Waals surface area contributed by atoms with Crippen LogP contribution in [-0.2, 0) is 4.79 Å². The van der Waals surface area contributed by atoms with E-state index in [1.165, 1.54) is 19.4 Å². The van der Waals surface area contributed by atoms with Gasteiger partial charge in [0, 0.05) is 19.0 Å². The van der Waals surface area contributed by atoms with Gasteiger partial charge in [0.1, 0.15) is 5.75 Å². The van der Waals surface area contributed by atoms with Crippen LogP contribution < -0.4 is 10.1 Å². The van der Waals surface area contributed by atoms with Crippen LogP contribution in [0.2, 0.25) is 0 Å². The van der Waals surface area contributed by atoms with Gasteiger partial charge in [-0.2, -0.15) is 0 Å². The number of aryl methyl sites for hydroxylation is 1. The fraction of sp³-hybridized carbons (Fsp3) is 0.611. The number of nitrogens with zero attached hydrogens (tertiary/aromatic N) is 1. The van der Waals surface area contributed by atoms with Crippen molar-refractivity contribution < 1.29 is 9.53 Å². The molecule has 1 aliphatic heterocycles. The summed E-state index contributed by atoms with van der Waals surface area (Å²) in [6, 6.07) is 8.49. The standard InChI is InChI=1S/C18H28N2O2/c1-3-20-12-6-9-16(20)14-19-18(21)11-7-13-22-17-10-5-4-8-15(17)2/h4-5,8,10,16H,3,6-7,9,11-14H2,1-2H3,(H,19,21)/t16-/m0/s1. The van der Waals surface area contributed by atoms with Crippen LogP contribution in [0.1, 0.15) is 38.2 Å². The van der Waals surface area contributed by atoms with Gasteiger partial charge in [-0.25, -0.2) is 0 Å². The topological polar surface area (TPSA) is 41.6 Å². The van der Waals surface area contributed by atoms with E-state index in [4.69, 9.17) is 4.74 Å². The van der Waals surface area contributed by atoms with E-state index in [1.54, 1.807) is 0 Å². The highest BCUT2D eigenvalue weighted by Gasteiger charge is 2.22. The smallest absolute Gasteiger partial charge is 0.220 e. The molecule has 0 saturated carbocycles. The molecule has 1 atom stereocenters. The quantitative estimate of drug-likeness (QED) is 0.751. The first-order valence-corrected chi connectivity index (χ1v) is 8.40. The van der Waals surface area contributed by atoms with Gasteiger partial charge in [-0.05, 0) is 50.9 Å². The summed E-state index contributed by atoms with van der Waals surface area (Å²) >= 11 is 0. The first-order valence-electron chi connectivity index (χ1n) is 8.40. The van der Waals surface area contributed by atoms with E-state index in [0.29, 0.717) is 19.1 Å². The number of amides is 1. The molecule has 1 aliphatic rings. The molecular formula is C18H28N2O2. The number of carbonyl (C=O) groups excluding carboxylic acids is 1. The molecule has 1 saturated heterocycles. The Kier molecular flexibility index (Phi) is 6.72. The maximum Gasteiger partial charge on any atom is 0.220 e. The Labute approximate surface area is 133 Å². The van der Waals surface area contributed by atoms with E-state index >= 15 is 0 Å². The third kappa shape index (κ3) is 5.02. The largest absolute Gasteiger partial charge is 0.493 e. The molecule has 1 heterocycles. The molecule has 0 unspecified atom stereocenters. The normalized spacial score (nSPS) is 18.4. The van der Waals surface area contributed by atoms with Gasteiger partial charge in [-0.15, -0.1) is 0 Å². The van der Waals surface area contributed by atoms with Gasteiger partial charge in [0.15, 0.2) is 0 Å². The second kappa shape index (κ2) is 8.79. The molecule has 122 valence electrons. The van der Waals surface area contributed by atoms with Crippen LogP contribution in [0.5, 0.6) is 5.75 Å². The lowest BCUT2D eigenvalue weighted by molar-refractivity contribution is -0.121. The van der Waals surface area contributed by atoms with Crippen molar-refractivity contribution in [2.45, 2.75) is 45.6 Å². The lowest BCUT2D eigenvalue weighted by atomic mass is 10.2. The van der Waals surface area contributed by atoms with Crippen LogP contribution in [-0.4, -0.2) is 43.1 Å². The number of nitrogens with one attached hydrogen (secondary N) is 1. The fourth-order valence-electron chi connectivity index (χ4n) is 3.00. The summed E-state index contributed by atoms with van der Waals surface area (Å²) in [5.74, 6) is 1.05. The Hall–Kier alpha value is -1.55. The Bertz CT molecular complexity index is 476. The summed E-state index contributed by atoms with van der Waals surface area (Å²) in [7, 11) is 0. The molecule has 22 heavy (non-hydrogen) atoms. The third-order valence-corrected chi connectivity index (χ3v) is 4.34. The minimum atomic E-state index is 0.135. The van der Waals surface area contributed by atoms with Crippen LogP contribution in [0.3, 0.4) is 0 Å². The number of para-hydroxylation sites is 1. The number of carbonyl (C=O) groups is 1. The minimum absolute atomic E-state index is 0.135. The molecule has 1 aromatic carbocycles. The van der Waals surface area contributed by atoms with E-state index in [0.717, 1.165) is 30.8 Å². The molecule has 0 radical (unpaired) electrons. The zero-order valence-electron chi connectivity index (χ0n) is 13.8. The molecule has 4 heteroatoms. The van der Waals surface area contributed by atoms with Crippen molar-refractivity contribution in [3.05, 3.63) is 29.8 Å². The minimum Gasteiger partial charge on any atom is -0.493 e. The maximum atomic E-state index is 11.9. The number of hydrogen-bond acceptors (Lipinski definition) is 3. The number of benzene rings is 1. The van der Waals surface area contributed by atoms with E-state index in [2.05, 4.69) is 17.1 Å². The molecule has 2 rings (SSSR count). The van der Waals surface area contributed by atoms with E-state index in [-0.39, 0.29) is 5.91 Å². The van der Waals surface area contributed by atoms with Crippen molar-refractivity contribution in [1.29, 1.82) is 0 Å². The van der Waals surface area contributed by atoms with Gasteiger partial charge < -0.3 is 10.1 Å². The predicted molar refractivity (Wildman–Crippen MR) is 89.2 cm³/mol. The van der Waals surface area contributed by atoms with Gasteiger partial charge in [-0.3, -0.25) is 9.69 Å². The molecule has 1 amide bonds. The van der Waals surface area contributed by atoms with Gasteiger partial charge in [-0.1, -0.05) is 25.1 Å². The maximum absolute atomic E-state index is 11.9. The van der Waals surface area contributed by atoms with Crippen LogP contribution in [0.25, 0.3) is 0 Å². The molecule has 0 aliphatic carbocycles. The van der Waals surface area contributed by atoms with E-state index in [1.807, 2.05) is 31.2 Å². The first-order chi connectivity index (χ1) is 10.7. The molecule has 4 nitrogen and oxygen atoms in total. The second-order valence-electron chi connectivity index (χ2n) is 5.95. The number of likely N-dealkylation sites (N-methyl/N-ethyl adjacent to an activating group) is 1. The summed E-state index contributed by atoms with van der Waals surface area (Å²) in [6.45, 7) is 7.83. The second-order valence-corrected chi connectivity index (χ2v) is 5.95. The average Bonchev–Trinajstić information content (AvgIpc) is 2.98. The lowest BCUT2D eigenvalue weighted by Crippen LogP contribution is -2.40. The Balaban J connectivity index is 1.59. The molecule has 0 aromatic heterocycles. The zero-order valence-corrected chi connectivity index (χ0v) is 13.8. The van der Waals surface area contributed by atoms with Crippen molar-refractivity contribution >= 4 is 5.91 Å². The van der Waals surface area contributed by atoms with Gasteiger partial charge >= 0.3 is 0 Å².